The first-order valence-electron chi connectivity index (χ1n) is 6.37. The van der Waals surface area contributed by atoms with Crippen LogP contribution in [0.1, 0.15) is 22.8 Å². The molecule has 0 aliphatic carbocycles. The molecule has 8 heteroatoms. The van der Waals surface area contributed by atoms with Gasteiger partial charge in [0.2, 0.25) is 0 Å². The summed E-state index contributed by atoms with van der Waals surface area (Å²) in [6, 6.07) is 4.32. The van der Waals surface area contributed by atoms with Crippen molar-refractivity contribution in [2.75, 3.05) is 6.61 Å². The average Bonchev–Trinajstić information content (AvgIpc) is 2.79. The third-order valence-corrected chi connectivity index (χ3v) is 2.67. The van der Waals surface area contributed by atoms with Crippen LogP contribution in [0.2, 0.25) is 0 Å². The topological polar surface area (TPSA) is 53.4 Å². The number of ether oxygens (including phenoxy) is 2. The normalized spacial score (nSPS) is 11.3. The molecule has 0 fully saturated rings. The third kappa shape index (κ3) is 3.57. The maximum atomic E-state index is 12.7. The van der Waals surface area contributed by atoms with Gasteiger partial charge in [0.25, 0.3) is 5.88 Å². The van der Waals surface area contributed by atoms with E-state index in [2.05, 4.69) is 5.10 Å². The zero-order chi connectivity index (χ0) is 16.3. The molecule has 0 atom stereocenters. The maximum absolute atomic E-state index is 12.7. The van der Waals surface area contributed by atoms with Gasteiger partial charge >= 0.3 is 12.1 Å². The van der Waals surface area contributed by atoms with E-state index in [-0.39, 0.29) is 23.8 Å². The molecule has 0 saturated heterocycles. The number of aryl methyl sites for hydroxylation is 1. The van der Waals surface area contributed by atoms with Crippen LogP contribution in [-0.4, -0.2) is 22.4 Å². The van der Waals surface area contributed by atoms with Crippen molar-refractivity contribution in [1.29, 1.82) is 0 Å². The fourth-order valence-corrected chi connectivity index (χ4v) is 1.74. The highest BCUT2D eigenvalue weighted by Gasteiger charge is 2.31. The number of benzene rings is 1. The van der Waals surface area contributed by atoms with E-state index >= 15 is 0 Å². The quantitative estimate of drug-likeness (QED) is 0.812. The molecule has 0 aliphatic rings. The van der Waals surface area contributed by atoms with Gasteiger partial charge in [-0.25, -0.2) is 4.79 Å². The minimum atomic E-state index is -4.48. The Morgan fingerprint density at radius 1 is 1.36 bits per heavy atom. The molecule has 118 valence electrons. The van der Waals surface area contributed by atoms with E-state index in [4.69, 9.17) is 9.47 Å². The molecule has 0 aliphatic heterocycles. The van der Waals surface area contributed by atoms with Gasteiger partial charge < -0.3 is 9.47 Å². The van der Waals surface area contributed by atoms with E-state index < -0.39 is 17.7 Å². The van der Waals surface area contributed by atoms with Crippen LogP contribution in [0, 0.1) is 0 Å². The molecule has 0 N–H and O–H groups in total. The Morgan fingerprint density at radius 2 is 2.09 bits per heavy atom. The summed E-state index contributed by atoms with van der Waals surface area (Å²) in [6.45, 7) is 1.80. The van der Waals surface area contributed by atoms with E-state index in [1.165, 1.54) is 23.0 Å². The summed E-state index contributed by atoms with van der Waals surface area (Å²) in [7, 11) is 1.56. The fraction of sp³-hybridized carbons (Fsp3) is 0.286. The third-order valence-electron chi connectivity index (χ3n) is 2.67. The lowest BCUT2D eigenvalue weighted by molar-refractivity contribution is -0.137. The number of aromatic nitrogens is 2. The van der Waals surface area contributed by atoms with Crippen molar-refractivity contribution in [3.8, 4) is 11.6 Å². The molecule has 1 heterocycles. The van der Waals surface area contributed by atoms with E-state index in [1.54, 1.807) is 14.0 Å². The minimum absolute atomic E-state index is 0.0433. The van der Waals surface area contributed by atoms with Crippen molar-refractivity contribution < 1.29 is 27.4 Å². The lowest BCUT2D eigenvalue weighted by Crippen LogP contribution is -2.06. The minimum Gasteiger partial charge on any atom is -0.462 e. The molecule has 22 heavy (non-hydrogen) atoms. The molecule has 1 aromatic carbocycles. The zero-order valence-corrected chi connectivity index (χ0v) is 11.8. The standard InChI is InChI=1S/C14H13F3N2O3/c1-3-21-13(20)11-8-19(2)18-12(11)22-10-6-4-5-9(7-10)14(15,16)17/h4-8H,3H2,1-2H3. The van der Waals surface area contributed by atoms with E-state index in [0.29, 0.717) is 0 Å². The number of carbonyl (C=O) groups excluding carboxylic acids is 1. The Labute approximate surface area is 124 Å². The maximum Gasteiger partial charge on any atom is 0.416 e. The predicted molar refractivity (Wildman–Crippen MR) is 70.7 cm³/mol. The molecule has 2 rings (SSSR count). The first-order chi connectivity index (χ1) is 10.3. The highest BCUT2D eigenvalue weighted by Crippen LogP contribution is 2.33. The second-order valence-corrected chi connectivity index (χ2v) is 4.37. The van der Waals surface area contributed by atoms with Crippen LogP contribution in [0.25, 0.3) is 0 Å². The number of nitrogens with zero attached hydrogens (tertiary/aromatic N) is 2. The Kier molecular flexibility index (Phi) is 4.39. The summed E-state index contributed by atoms with van der Waals surface area (Å²) in [6.07, 6.45) is -3.10. The number of halogens is 3. The van der Waals surface area contributed by atoms with Gasteiger partial charge in [-0.3, -0.25) is 4.68 Å². The van der Waals surface area contributed by atoms with Crippen LogP contribution in [0.4, 0.5) is 13.2 Å². The molecule has 0 unspecified atom stereocenters. The van der Waals surface area contributed by atoms with Crippen LogP contribution in [0.3, 0.4) is 0 Å². The van der Waals surface area contributed by atoms with Crippen LogP contribution < -0.4 is 4.74 Å². The van der Waals surface area contributed by atoms with Crippen LogP contribution in [-0.2, 0) is 18.0 Å². The van der Waals surface area contributed by atoms with Crippen molar-refractivity contribution in [2.45, 2.75) is 13.1 Å². The molecular formula is C14H13F3N2O3. The Morgan fingerprint density at radius 3 is 2.73 bits per heavy atom. The lowest BCUT2D eigenvalue weighted by Gasteiger charge is -2.09. The first-order valence-corrected chi connectivity index (χ1v) is 6.37. The molecule has 0 amide bonds. The summed E-state index contributed by atoms with van der Waals surface area (Å²) >= 11 is 0. The Bertz CT molecular complexity index is 680. The Hall–Kier alpha value is -2.51. The largest absolute Gasteiger partial charge is 0.462 e. The second kappa shape index (κ2) is 6.08. The van der Waals surface area contributed by atoms with Gasteiger partial charge in [0.05, 0.1) is 12.2 Å². The molecular weight excluding hydrogens is 301 g/mol. The number of esters is 1. The Balaban J connectivity index is 2.30. The van der Waals surface area contributed by atoms with Gasteiger partial charge in [0.1, 0.15) is 11.3 Å². The van der Waals surface area contributed by atoms with Crippen molar-refractivity contribution in [3.05, 3.63) is 41.6 Å². The van der Waals surface area contributed by atoms with Gasteiger partial charge in [-0.05, 0) is 25.1 Å². The van der Waals surface area contributed by atoms with Crippen molar-refractivity contribution in [3.63, 3.8) is 0 Å². The second-order valence-electron chi connectivity index (χ2n) is 4.37. The van der Waals surface area contributed by atoms with Crippen molar-refractivity contribution in [2.24, 2.45) is 7.05 Å². The van der Waals surface area contributed by atoms with E-state index in [1.807, 2.05) is 0 Å². The predicted octanol–water partition coefficient (Wildman–Crippen LogP) is 3.41. The summed E-state index contributed by atoms with van der Waals surface area (Å²) in [5.41, 5.74) is -0.805. The highest BCUT2D eigenvalue weighted by molar-refractivity contribution is 5.91. The van der Waals surface area contributed by atoms with Gasteiger partial charge in [0, 0.05) is 13.2 Å². The molecule has 0 radical (unpaired) electrons. The van der Waals surface area contributed by atoms with E-state index in [9.17, 15) is 18.0 Å². The number of hydrogen-bond donors (Lipinski definition) is 0. The summed E-state index contributed by atoms with van der Waals surface area (Å²) < 4.78 is 49.5. The number of carbonyl (C=O) groups is 1. The van der Waals surface area contributed by atoms with Gasteiger partial charge in [-0.15, -0.1) is 5.10 Å². The van der Waals surface area contributed by atoms with Gasteiger partial charge in [-0.2, -0.15) is 13.2 Å². The number of hydrogen-bond acceptors (Lipinski definition) is 4. The smallest absolute Gasteiger partial charge is 0.416 e. The van der Waals surface area contributed by atoms with Crippen molar-refractivity contribution in [1.82, 2.24) is 9.78 Å². The lowest BCUT2D eigenvalue weighted by atomic mass is 10.2. The van der Waals surface area contributed by atoms with Crippen molar-refractivity contribution >= 4 is 5.97 Å². The summed E-state index contributed by atoms with van der Waals surface area (Å²) in [5, 5.41) is 3.91. The van der Waals surface area contributed by atoms with Crippen LogP contribution in [0.15, 0.2) is 30.5 Å². The number of rotatable bonds is 4. The molecule has 0 saturated carbocycles. The van der Waals surface area contributed by atoms with Gasteiger partial charge in [0.15, 0.2) is 0 Å². The highest BCUT2D eigenvalue weighted by atomic mass is 19.4. The van der Waals surface area contributed by atoms with Crippen LogP contribution >= 0.6 is 0 Å². The fourth-order valence-electron chi connectivity index (χ4n) is 1.74. The SMILES string of the molecule is CCOC(=O)c1cn(C)nc1Oc1cccc(C(F)(F)F)c1. The molecule has 1 aromatic heterocycles. The monoisotopic (exact) mass is 314 g/mol. The zero-order valence-electron chi connectivity index (χ0n) is 11.8. The summed E-state index contributed by atoms with van der Waals surface area (Å²) in [5.74, 6) is -0.836. The number of alkyl halides is 3. The average molecular weight is 314 g/mol. The van der Waals surface area contributed by atoms with Gasteiger partial charge in [-0.1, -0.05) is 6.07 Å². The molecule has 0 spiro atoms. The molecule has 5 nitrogen and oxygen atoms in total. The molecule has 2 aromatic rings. The first kappa shape index (κ1) is 15.9. The summed E-state index contributed by atoms with van der Waals surface area (Å²) in [4.78, 5) is 11.8. The van der Waals surface area contributed by atoms with E-state index in [0.717, 1.165) is 12.1 Å². The van der Waals surface area contributed by atoms with Crippen LogP contribution in [0.5, 0.6) is 11.6 Å². The molecule has 0 bridgehead atoms.